The Morgan fingerprint density at radius 2 is 2.20 bits per heavy atom. The van der Waals surface area contributed by atoms with E-state index >= 15 is 0 Å². The van der Waals surface area contributed by atoms with Gasteiger partial charge in [-0.05, 0) is 37.7 Å². The van der Waals surface area contributed by atoms with Crippen molar-refractivity contribution in [1.29, 1.82) is 0 Å². The van der Waals surface area contributed by atoms with Gasteiger partial charge in [0.05, 0.1) is 11.6 Å². The summed E-state index contributed by atoms with van der Waals surface area (Å²) in [6.07, 6.45) is 4.69. The second-order valence-electron chi connectivity index (χ2n) is 4.62. The van der Waals surface area contributed by atoms with Gasteiger partial charge < -0.3 is 5.11 Å². The molecule has 2 aliphatic rings. The van der Waals surface area contributed by atoms with Crippen molar-refractivity contribution in [1.82, 2.24) is 10.2 Å². The van der Waals surface area contributed by atoms with Crippen molar-refractivity contribution in [2.75, 3.05) is 0 Å². The monoisotopic (exact) mass is 206 g/mol. The Kier molecular flexibility index (Phi) is 1.84. The van der Waals surface area contributed by atoms with Gasteiger partial charge in [-0.2, -0.15) is 5.10 Å². The van der Waals surface area contributed by atoms with Crippen molar-refractivity contribution in [2.24, 2.45) is 5.92 Å². The molecule has 0 bridgehead atoms. The van der Waals surface area contributed by atoms with Crippen LogP contribution >= 0.6 is 0 Å². The summed E-state index contributed by atoms with van der Waals surface area (Å²) in [6.45, 7) is 0. The lowest BCUT2D eigenvalue weighted by Crippen LogP contribution is -2.22. The van der Waals surface area contributed by atoms with Crippen molar-refractivity contribution >= 4 is 5.97 Å². The van der Waals surface area contributed by atoms with Crippen LogP contribution < -0.4 is 0 Å². The zero-order valence-corrected chi connectivity index (χ0v) is 8.49. The van der Waals surface area contributed by atoms with Gasteiger partial charge >= 0.3 is 5.97 Å². The van der Waals surface area contributed by atoms with Gasteiger partial charge in [0.15, 0.2) is 0 Å². The molecule has 0 saturated heterocycles. The van der Waals surface area contributed by atoms with E-state index in [9.17, 15) is 4.79 Å². The second kappa shape index (κ2) is 3.08. The largest absolute Gasteiger partial charge is 0.481 e. The van der Waals surface area contributed by atoms with E-state index in [0.29, 0.717) is 12.3 Å². The normalized spacial score (nSPS) is 24.9. The van der Waals surface area contributed by atoms with Crippen molar-refractivity contribution < 1.29 is 9.90 Å². The predicted molar refractivity (Wildman–Crippen MR) is 53.7 cm³/mol. The fourth-order valence-corrected chi connectivity index (χ4v) is 2.42. The van der Waals surface area contributed by atoms with Crippen molar-refractivity contribution in [2.45, 2.75) is 38.0 Å². The summed E-state index contributed by atoms with van der Waals surface area (Å²) in [5.74, 6) is -0.256. The summed E-state index contributed by atoms with van der Waals surface area (Å²) in [6, 6.07) is 0. The highest BCUT2D eigenvalue weighted by molar-refractivity contribution is 5.71. The smallest absolute Gasteiger partial charge is 0.306 e. The van der Waals surface area contributed by atoms with E-state index in [-0.39, 0.29) is 5.92 Å². The number of aromatic amines is 1. The summed E-state index contributed by atoms with van der Waals surface area (Å²) >= 11 is 0. The number of nitrogens with zero attached hydrogens (tertiary/aromatic N) is 1. The van der Waals surface area contributed by atoms with E-state index < -0.39 is 5.97 Å². The van der Waals surface area contributed by atoms with E-state index in [1.807, 2.05) is 0 Å². The highest BCUT2D eigenvalue weighted by Crippen LogP contribution is 2.43. The molecule has 2 N–H and O–H groups in total. The van der Waals surface area contributed by atoms with Crippen LogP contribution in [0.25, 0.3) is 0 Å². The number of hydrogen-bond donors (Lipinski definition) is 2. The fraction of sp³-hybridized carbons (Fsp3) is 0.636. The highest BCUT2D eigenvalue weighted by Gasteiger charge is 2.34. The predicted octanol–water partition coefficient (Wildman–Crippen LogP) is 1.48. The van der Waals surface area contributed by atoms with Crippen molar-refractivity contribution in [3.63, 3.8) is 0 Å². The van der Waals surface area contributed by atoms with Crippen LogP contribution in [0.5, 0.6) is 0 Å². The second-order valence-corrected chi connectivity index (χ2v) is 4.62. The van der Waals surface area contributed by atoms with Gasteiger partial charge in [-0.3, -0.25) is 9.89 Å². The van der Waals surface area contributed by atoms with Crippen LogP contribution in [0.1, 0.15) is 42.1 Å². The topological polar surface area (TPSA) is 66.0 Å². The van der Waals surface area contributed by atoms with Gasteiger partial charge in [0, 0.05) is 11.6 Å². The average Bonchev–Trinajstić information content (AvgIpc) is 2.98. The van der Waals surface area contributed by atoms with Gasteiger partial charge in [-0.25, -0.2) is 0 Å². The molecule has 1 aromatic heterocycles. The molecular formula is C11H14N2O2. The molecule has 2 aliphatic carbocycles. The number of carboxylic acids is 1. The Morgan fingerprint density at radius 3 is 2.87 bits per heavy atom. The Morgan fingerprint density at radius 1 is 1.40 bits per heavy atom. The molecule has 1 aromatic rings. The van der Waals surface area contributed by atoms with Gasteiger partial charge in [-0.1, -0.05) is 0 Å². The van der Waals surface area contributed by atoms with Crippen LogP contribution in [-0.4, -0.2) is 21.3 Å². The molecule has 4 heteroatoms. The molecule has 80 valence electrons. The lowest BCUT2D eigenvalue weighted by atomic mass is 9.86. The van der Waals surface area contributed by atoms with Gasteiger partial charge in [0.2, 0.25) is 0 Å². The number of carboxylic acid groups (broad SMARTS) is 1. The summed E-state index contributed by atoms with van der Waals surface area (Å²) in [5, 5.41) is 16.4. The molecule has 0 aliphatic heterocycles. The summed E-state index contributed by atoms with van der Waals surface area (Å²) in [4.78, 5) is 11.0. The Balaban J connectivity index is 1.91. The molecule has 1 saturated carbocycles. The number of rotatable bonds is 2. The van der Waals surface area contributed by atoms with Crippen LogP contribution in [0.15, 0.2) is 0 Å². The molecule has 0 aromatic carbocycles. The lowest BCUT2D eigenvalue weighted by molar-refractivity contribution is -0.142. The Labute approximate surface area is 87.7 Å². The summed E-state index contributed by atoms with van der Waals surface area (Å²) < 4.78 is 0. The fourth-order valence-electron chi connectivity index (χ4n) is 2.42. The maximum absolute atomic E-state index is 11.0. The first-order valence-corrected chi connectivity index (χ1v) is 5.54. The molecule has 3 rings (SSSR count). The molecule has 0 radical (unpaired) electrons. The van der Waals surface area contributed by atoms with Crippen molar-refractivity contribution in [3.05, 3.63) is 17.0 Å². The summed E-state index contributed by atoms with van der Waals surface area (Å²) in [7, 11) is 0. The molecule has 1 atom stereocenters. The van der Waals surface area contributed by atoms with Crippen molar-refractivity contribution in [3.8, 4) is 0 Å². The minimum absolute atomic E-state index is 0.201. The number of fused-ring (bicyclic) bond motifs is 1. The first-order chi connectivity index (χ1) is 7.25. The third-order valence-electron chi connectivity index (χ3n) is 3.49. The minimum Gasteiger partial charge on any atom is -0.481 e. The maximum Gasteiger partial charge on any atom is 0.306 e. The number of carbonyl (C=O) groups is 1. The molecule has 0 spiro atoms. The van der Waals surface area contributed by atoms with Crippen LogP contribution in [0.3, 0.4) is 0 Å². The van der Waals surface area contributed by atoms with E-state index in [1.54, 1.807) is 0 Å². The molecule has 4 nitrogen and oxygen atoms in total. The number of nitrogens with one attached hydrogen (secondary N) is 1. The van der Waals surface area contributed by atoms with Crippen LogP contribution in [0.2, 0.25) is 0 Å². The van der Waals surface area contributed by atoms with E-state index in [2.05, 4.69) is 10.2 Å². The third kappa shape index (κ3) is 1.44. The van der Waals surface area contributed by atoms with Gasteiger partial charge in [0.1, 0.15) is 0 Å². The van der Waals surface area contributed by atoms with Gasteiger partial charge in [0.25, 0.3) is 0 Å². The van der Waals surface area contributed by atoms with Crippen LogP contribution in [0, 0.1) is 5.92 Å². The number of aryl methyl sites for hydroxylation is 1. The quantitative estimate of drug-likeness (QED) is 0.770. The average molecular weight is 206 g/mol. The number of aromatic nitrogens is 2. The third-order valence-corrected chi connectivity index (χ3v) is 3.49. The lowest BCUT2D eigenvalue weighted by Gasteiger charge is -2.18. The van der Waals surface area contributed by atoms with Crippen LogP contribution in [0.4, 0.5) is 0 Å². The zero-order chi connectivity index (χ0) is 10.4. The first kappa shape index (κ1) is 8.95. The Bertz CT molecular complexity index is 407. The Hall–Kier alpha value is -1.32. The van der Waals surface area contributed by atoms with E-state index in [1.165, 1.54) is 24.1 Å². The molecule has 1 heterocycles. The highest BCUT2D eigenvalue weighted by atomic mass is 16.4. The SMILES string of the molecule is O=C(O)[C@H]1CCc2[nH]nc(C3CC3)c2C1. The zero-order valence-electron chi connectivity index (χ0n) is 8.49. The molecule has 0 unspecified atom stereocenters. The van der Waals surface area contributed by atoms with Gasteiger partial charge in [-0.15, -0.1) is 0 Å². The number of aliphatic carboxylic acids is 1. The number of H-pyrrole nitrogens is 1. The minimum atomic E-state index is -0.663. The molecule has 1 fully saturated rings. The van der Waals surface area contributed by atoms with E-state index in [4.69, 9.17) is 5.11 Å². The standard InChI is InChI=1S/C11H14N2O2/c14-11(15)7-3-4-9-8(5-7)10(13-12-9)6-1-2-6/h6-7H,1-5H2,(H,12,13)(H,14,15)/t7-/m0/s1. The van der Waals surface area contributed by atoms with Crippen LogP contribution in [-0.2, 0) is 17.6 Å². The maximum atomic E-state index is 11.0. The number of hydrogen-bond acceptors (Lipinski definition) is 2. The molecule has 0 amide bonds. The van der Waals surface area contributed by atoms with E-state index in [0.717, 1.165) is 18.5 Å². The first-order valence-electron chi connectivity index (χ1n) is 5.54. The summed E-state index contributed by atoms with van der Waals surface area (Å²) in [5.41, 5.74) is 3.53. The molecule has 15 heavy (non-hydrogen) atoms. The molecular weight excluding hydrogens is 192 g/mol.